The highest BCUT2D eigenvalue weighted by atomic mass is 16.7. The standard InChI is InChI=1S/C32H25NO7/c1-2-29(23-6-4-3-5-7-23)31(24-11-8-22(9-12-24)10-21-30(34)35)25-13-17-27(18-14-25)39-32(36)40-28-19-15-26(16-20-28)33(37)38/h3-21H,2H2,1H3,(H,34,35)/b21-10+,31-29-. The molecule has 8 heteroatoms. The molecule has 0 aliphatic rings. The first-order chi connectivity index (χ1) is 19.3. The van der Waals surface area contributed by atoms with Crippen molar-refractivity contribution in [3.05, 3.63) is 142 Å². The molecular weight excluding hydrogens is 510 g/mol. The summed E-state index contributed by atoms with van der Waals surface area (Å²) in [4.78, 5) is 33.4. The Hall–Kier alpha value is -5.50. The molecule has 1 N–H and O–H groups in total. The van der Waals surface area contributed by atoms with Gasteiger partial charge >= 0.3 is 12.1 Å². The number of hydrogen-bond donors (Lipinski definition) is 1. The van der Waals surface area contributed by atoms with Crippen molar-refractivity contribution >= 4 is 35.0 Å². The highest BCUT2D eigenvalue weighted by Crippen LogP contribution is 2.35. The Kier molecular flexibility index (Phi) is 8.84. The summed E-state index contributed by atoms with van der Waals surface area (Å²) >= 11 is 0. The Bertz CT molecular complexity index is 1550. The number of benzene rings is 4. The van der Waals surface area contributed by atoms with E-state index in [0.29, 0.717) is 0 Å². The molecule has 4 aromatic rings. The van der Waals surface area contributed by atoms with Gasteiger partial charge in [0.15, 0.2) is 0 Å². The zero-order chi connectivity index (χ0) is 28.5. The van der Waals surface area contributed by atoms with Crippen molar-refractivity contribution in [2.75, 3.05) is 0 Å². The Labute approximate surface area is 230 Å². The second-order valence-corrected chi connectivity index (χ2v) is 8.60. The zero-order valence-corrected chi connectivity index (χ0v) is 21.5. The van der Waals surface area contributed by atoms with Crippen LogP contribution in [0.1, 0.15) is 35.6 Å². The van der Waals surface area contributed by atoms with Crippen LogP contribution in [0, 0.1) is 10.1 Å². The summed E-state index contributed by atoms with van der Waals surface area (Å²) in [6.45, 7) is 2.08. The lowest BCUT2D eigenvalue weighted by molar-refractivity contribution is -0.384. The molecule has 200 valence electrons. The number of nitro groups is 1. The van der Waals surface area contributed by atoms with Crippen molar-refractivity contribution < 1.29 is 29.1 Å². The van der Waals surface area contributed by atoms with Crippen molar-refractivity contribution in [1.82, 2.24) is 0 Å². The number of non-ortho nitro benzene ring substituents is 1. The molecule has 8 nitrogen and oxygen atoms in total. The highest BCUT2D eigenvalue weighted by molar-refractivity contribution is 5.98. The fraction of sp³-hybridized carbons (Fsp3) is 0.0625. The van der Waals surface area contributed by atoms with Gasteiger partial charge in [-0.05, 0) is 70.2 Å². The minimum atomic E-state index is -1.01. The summed E-state index contributed by atoms with van der Waals surface area (Å²) in [7, 11) is 0. The van der Waals surface area contributed by atoms with Crippen LogP contribution in [0.15, 0.2) is 109 Å². The van der Waals surface area contributed by atoms with Gasteiger partial charge in [-0.25, -0.2) is 9.59 Å². The van der Waals surface area contributed by atoms with Crippen molar-refractivity contribution in [2.45, 2.75) is 13.3 Å². The van der Waals surface area contributed by atoms with Crippen molar-refractivity contribution in [1.29, 1.82) is 0 Å². The minimum absolute atomic E-state index is 0.117. The van der Waals surface area contributed by atoms with Gasteiger partial charge in [0.2, 0.25) is 0 Å². The predicted molar refractivity (Wildman–Crippen MR) is 152 cm³/mol. The SMILES string of the molecule is CC/C(=C(\c1ccc(/C=C/C(=O)O)cc1)c1ccc(OC(=O)Oc2ccc([N+](=O)[O-])cc2)cc1)c1ccccc1. The normalized spacial score (nSPS) is 11.5. The predicted octanol–water partition coefficient (Wildman–Crippen LogP) is 7.64. The van der Waals surface area contributed by atoms with Crippen LogP contribution in [0.2, 0.25) is 0 Å². The van der Waals surface area contributed by atoms with Crippen molar-refractivity contribution in [3.8, 4) is 11.5 Å². The Morgan fingerprint density at radius 2 is 1.30 bits per heavy atom. The van der Waals surface area contributed by atoms with Crippen LogP contribution in [-0.2, 0) is 4.79 Å². The van der Waals surface area contributed by atoms with E-state index < -0.39 is 17.0 Å². The van der Waals surface area contributed by atoms with Crippen LogP contribution in [0.25, 0.3) is 17.2 Å². The molecule has 4 aromatic carbocycles. The molecule has 0 heterocycles. The number of carboxylic acid groups (broad SMARTS) is 1. The first kappa shape index (κ1) is 27.5. The van der Waals surface area contributed by atoms with Crippen LogP contribution in [0.4, 0.5) is 10.5 Å². The molecule has 0 aliphatic heterocycles. The fourth-order valence-electron chi connectivity index (χ4n) is 4.15. The van der Waals surface area contributed by atoms with E-state index in [2.05, 4.69) is 19.1 Å². The summed E-state index contributed by atoms with van der Waals surface area (Å²) in [5, 5.41) is 19.7. The van der Waals surface area contributed by atoms with Crippen LogP contribution >= 0.6 is 0 Å². The smallest absolute Gasteiger partial charge is 0.478 e. The van der Waals surface area contributed by atoms with Crippen LogP contribution in [0.3, 0.4) is 0 Å². The second kappa shape index (κ2) is 12.8. The highest BCUT2D eigenvalue weighted by Gasteiger charge is 2.15. The monoisotopic (exact) mass is 535 g/mol. The van der Waals surface area contributed by atoms with Crippen LogP contribution in [-0.4, -0.2) is 22.2 Å². The van der Waals surface area contributed by atoms with Crippen LogP contribution < -0.4 is 9.47 Å². The molecule has 0 spiro atoms. The number of nitrogens with zero attached hydrogens (tertiary/aromatic N) is 1. The first-order valence-electron chi connectivity index (χ1n) is 12.4. The van der Waals surface area contributed by atoms with Gasteiger partial charge in [-0.3, -0.25) is 10.1 Å². The van der Waals surface area contributed by atoms with E-state index in [4.69, 9.17) is 14.6 Å². The van der Waals surface area contributed by atoms with E-state index in [0.717, 1.165) is 45.9 Å². The number of carboxylic acids is 1. The molecule has 0 aromatic heterocycles. The Morgan fingerprint density at radius 1 is 0.775 bits per heavy atom. The van der Waals surface area contributed by atoms with Gasteiger partial charge < -0.3 is 14.6 Å². The van der Waals surface area contributed by atoms with E-state index >= 15 is 0 Å². The average Bonchev–Trinajstić information content (AvgIpc) is 2.96. The maximum absolute atomic E-state index is 12.3. The number of aliphatic carboxylic acids is 1. The number of nitro benzene ring substituents is 1. The summed E-state index contributed by atoms with van der Waals surface area (Å²) in [6, 6.07) is 29.8. The van der Waals surface area contributed by atoms with Gasteiger partial charge in [0, 0.05) is 18.2 Å². The molecule has 0 radical (unpaired) electrons. The second-order valence-electron chi connectivity index (χ2n) is 8.60. The summed E-state index contributed by atoms with van der Waals surface area (Å²) in [5.41, 5.74) is 5.65. The third kappa shape index (κ3) is 7.08. The number of allylic oxidation sites excluding steroid dienone is 1. The molecule has 0 saturated heterocycles. The van der Waals surface area contributed by atoms with Gasteiger partial charge in [-0.1, -0.05) is 73.7 Å². The topological polar surface area (TPSA) is 116 Å². The lowest BCUT2D eigenvalue weighted by Gasteiger charge is -2.17. The number of ether oxygens (including phenoxy) is 2. The molecular formula is C32H25NO7. The molecule has 0 aliphatic carbocycles. The number of rotatable bonds is 9. The van der Waals surface area contributed by atoms with E-state index in [-0.39, 0.29) is 17.2 Å². The molecule has 0 saturated carbocycles. The lowest BCUT2D eigenvalue weighted by Crippen LogP contribution is -2.13. The van der Waals surface area contributed by atoms with E-state index in [1.54, 1.807) is 12.1 Å². The summed E-state index contributed by atoms with van der Waals surface area (Å²) in [5.74, 6) is -0.627. The fourth-order valence-corrected chi connectivity index (χ4v) is 4.15. The van der Waals surface area contributed by atoms with Gasteiger partial charge in [0.05, 0.1) is 4.92 Å². The number of carbonyl (C=O) groups is 2. The molecule has 0 bridgehead atoms. The van der Waals surface area contributed by atoms with Crippen molar-refractivity contribution in [3.63, 3.8) is 0 Å². The maximum atomic E-state index is 12.3. The number of carbonyl (C=O) groups excluding carboxylic acids is 1. The molecule has 0 unspecified atom stereocenters. The van der Waals surface area contributed by atoms with Gasteiger partial charge in [0.1, 0.15) is 11.5 Å². The average molecular weight is 536 g/mol. The molecule has 0 atom stereocenters. The lowest BCUT2D eigenvalue weighted by atomic mass is 9.88. The molecule has 4 rings (SSSR count). The molecule has 0 fully saturated rings. The maximum Gasteiger partial charge on any atom is 0.519 e. The van der Waals surface area contributed by atoms with Crippen molar-refractivity contribution in [2.24, 2.45) is 0 Å². The zero-order valence-electron chi connectivity index (χ0n) is 21.5. The molecule has 40 heavy (non-hydrogen) atoms. The first-order valence-corrected chi connectivity index (χ1v) is 12.4. The number of hydrogen-bond acceptors (Lipinski definition) is 6. The minimum Gasteiger partial charge on any atom is -0.478 e. The van der Waals surface area contributed by atoms with Crippen LogP contribution in [0.5, 0.6) is 11.5 Å². The third-order valence-corrected chi connectivity index (χ3v) is 5.99. The van der Waals surface area contributed by atoms with E-state index in [9.17, 15) is 19.7 Å². The van der Waals surface area contributed by atoms with Gasteiger partial charge in [0.25, 0.3) is 5.69 Å². The van der Waals surface area contributed by atoms with E-state index in [1.165, 1.54) is 30.3 Å². The quantitative estimate of drug-likeness (QED) is 0.0584. The Morgan fingerprint density at radius 3 is 1.80 bits per heavy atom. The third-order valence-electron chi connectivity index (χ3n) is 5.99. The summed E-state index contributed by atoms with van der Waals surface area (Å²) in [6.07, 6.45) is 2.41. The largest absolute Gasteiger partial charge is 0.519 e. The molecule has 0 amide bonds. The van der Waals surface area contributed by atoms with Gasteiger partial charge in [-0.2, -0.15) is 0 Å². The Balaban J connectivity index is 1.61. The van der Waals surface area contributed by atoms with E-state index in [1.807, 2.05) is 54.6 Å². The van der Waals surface area contributed by atoms with Gasteiger partial charge in [-0.15, -0.1) is 0 Å². The summed E-state index contributed by atoms with van der Waals surface area (Å²) < 4.78 is 10.4.